The van der Waals surface area contributed by atoms with Crippen molar-refractivity contribution < 1.29 is 23.8 Å². The van der Waals surface area contributed by atoms with Crippen molar-refractivity contribution in [3.05, 3.63) is 39.8 Å². The van der Waals surface area contributed by atoms with Crippen LogP contribution in [0.5, 0.6) is 11.5 Å². The van der Waals surface area contributed by atoms with Crippen molar-refractivity contribution in [1.29, 1.82) is 0 Å². The van der Waals surface area contributed by atoms with Gasteiger partial charge in [-0.05, 0) is 69.2 Å². The Balaban J connectivity index is 1.69. The van der Waals surface area contributed by atoms with Gasteiger partial charge in [0.2, 0.25) is 5.91 Å². The lowest BCUT2D eigenvalue weighted by Crippen LogP contribution is -2.15. The van der Waals surface area contributed by atoms with Crippen molar-refractivity contribution in [1.82, 2.24) is 0 Å². The number of carbonyl (C=O) groups excluding carboxylic acids is 2. The largest absolute Gasteiger partial charge is 0.490 e. The molecule has 1 N–H and O–H groups in total. The summed E-state index contributed by atoms with van der Waals surface area (Å²) >= 11 is 1.50. The number of esters is 1. The highest BCUT2D eigenvalue weighted by Gasteiger charge is 2.26. The molecule has 1 aromatic heterocycles. The number of ether oxygens (including phenoxy) is 3. The zero-order valence-electron chi connectivity index (χ0n) is 17.8. The van der Waals surface area contributed by atoms with E-state index in [1.54, 1.807) is 0 Å². The summed E-state index contributed by atoms with van der Waals surface area (Å²) in [6, 6.07) is 5.75. The Morgan fingerprint density at radius 3 is 2.53 bits per heavy atom. The maximum absolute atomic E-state index is 12.6. The van der Waals surface area contributed by atoms with Gasteiger partial charge in [0.15, 0.2) is 11.5 Å². The fraction of sp³-hybridized carbons (Fsp3) is 0.478. The summed E-state index contributed by atoms with van der Waals surface area (Å²) < 4.78 is 16.2. The van der Waals surface area contributed by atoms with Gasteiger partial charge in [0.25, 0.3) is 0 Å². The van der Waals surface area contributed by atoms with Gasteiger partial charge in [-0.15, -0.1) is 11.3 Å². The van der Waals surface area contributed by atoms with Gasteiger partial charge in [-0.2, -0.15) is 0 Å². The molecule has 1 heterocycles. The molecule has 0 radical (unpaired) electrons. The molecule has 3 rings (SSSR count). The SMILES string of the molecule is CCOc1ccc(CCC(=O)Nc2sc3c(c2C(=O)OC)CCCC3)cc1OCC. The van der Waals surface area contributed by atoms with Gasteiger partial charge < -0.3 is 19.5 Å². The fourth-order valence-electron chi connectivity index (χ4n) is 3.67. The average molecular weight is 432 g/mol. The molecule has 0 bridgehead atoms. The van der Waals surface area contributed by atoms with E-state index in [-0.39, 0.29) is 11.9 Å². The highest BCUT2D eigenvalue weighted by atomic mass is 32.1. The van der Waals surface area contributed by atoms with Crippen LogP contribution in [0.1, 0.15) is 59.5 Å². The standard InChI is InChI=1S/C23H29NO5S/c1-4-28-17-12-10-15(14-18(17)29-5-2)11-13-20(25)24-22-21(23(26)27-3)16-8-6-7-9-19(16)30-22/h10,12,14H,4-9,11,13H2,1-3H3,(H,24,25). The molecule has 162 valence electrons. The number of fused-ring (bicyclic) bond motifs is 1. The van der Waals surface area contributed by atoms with Crippen molar-refractivity contribution in [3.8, 4) is 11.5 Å². The van der Waals surface area contributed by atoms with Crippen LogP contribution < -0.4 is 14.8 Å². The number of hydrogen-bond acceptors (Lipinski definition) is 6. The zero-order chi connectivity index (χ0) is 21.5. The van der Waals surface area contributed by atoms with Crippen LogP contribution >= 0.6 is 11.3 Å². The third-order valence-electron chi connectivity index (χ3n) is 5.06. The molecular weight excluding hydrogens is 402 g/mol. The van der Waals surface area contributed by atoms with Gasteiger partial charge in [-0.1, -0.05) is 6.07 Å². The minimum Gasteiger partial charge on any atom is -0.490 e. The van der Waals surface area contributed by atoms with E-state index in [0.29, 0.717) is 48.1 Å². The molecule has 0 spiro atoms. The molecular formula is C23H29NO5S. The summed E-state index contributed by atoms with van der Waals surface area (Å²) in [6.07, 6.45) is 4.85. The average Bonchev–Trinajstić information content (AvgIpc) is 3.11. The molecule has 0 aliphatic heterocycles. The van der Waals surface area contributed by atoms with Crippen molar-refractivity contribution in [3.63, 3.8) is 0 Å². The Hall–Kier alpha value is -2.54. The molecule has 6 nitrogen and oxygen atoms in total. The van der Waals surface area contributed by atoms with E-state index in [2.05, 4.69) is 5.32 Å². The highest BCUT2D eigenvalue weighted by molar-refractivity contribution is 7.17. The smallest absolute Gasteiger partial charge is 0.341 e. The quantitative estimate of drug-likeness (QED) is 0.578. The minimum atomic E-state index is -0.377. The molecule has 7 heteroatoms. The molecule has 0 unspecified atom stereocenters. The minimum absolute atomic E-state index is 0.120. The monoisotopic (exact) mass is 431 g/mol. The molecule has 1 aromatic carbocycles. The molecule has 0 saturated heterocycles. The van der Waals surface area contributed by atoms with Gasteiger partial charge in [0.1, 0.15) is 5.00 Å². The van der Waals surface area contributed by atoms with Crippen LogP contribution in [0, 0.1) is 0 Å². The lowest BCUT2D eigenvalue weighted by atomic mass is 9.95. The molecule has 0 saturated carbocycles. The first kappa shape index (κ1) is 22.2. The lowest BCUT2D eigenvalue weighted by molar-refractivity contribution is -0.116. The molecule has 30 heavy (non-hydrogen) atoms. The van der Waals surface area contributed by atoms with Crippen LogP contribution in [0.15, 0.2) is 18.2 Å². The number of aryl methyl sites for hydroxylation is 2. The van der Waals surface area contributed by atoms with Crippen molar-refractivity contribution >= 4 is 28.2 Å². The van der Waals surface area contributed by atoms with Crippen LogP contribution in [0.3, 0.4) is 0 Å². The third kappa shape index (κ3) is 5.14. The van der Waals surface area contributed by atoms with Crippen LogP contribution in [0.25, 0.3) is 0 Å². The number of carbonyl (C=O) groups is 2. The summed E-state index contributed by atoms with van der Waals surface area (Å²) in [5, 5.41) is 3.56. The topological polar surface area (TPSA) is 73.9 Å². The van der Waals surface area contributed by atoms with Crippen molar-refractivity contribution in [2.75, 3.05) is 25.6 Å². The zero-order valence-corrected chi connectivity index (χ0v) is 18.7. The first-order valence-corrected chi connectivity index (χ1v) is 11.3. The maximum atomic E-state index is 12.6. The second-order valence-electron chi connectivity index (χ2n) is 7.10. The number of methoxy groups -OCH3 is 1. The lowest BCUT2D eigenvalue weighted by Gasteiger charge is -2.12. The predicted octanol–water partition coefficient (Wildman–Crippen LogP) is 4.78. The Labute approximate surface area is 181 Å². The Kier molecular flexibility index (Phi) is 7.74. The summed E-state index contributed by atoms with van der Waals surface area (Å²) in [6.45, 7) is 4.97. The Morgan fingerprint density at radius 2 is 1.80 bits per heavy atom. The van der Waals surface area contributed by atoms with Crippen molar-refractivity contribution in [2.24, 2.45) is 0 Å². The summed E-state index contributed by atoms with van der Waals surface area (Å²) in [4.78, 5) is 26.1. The summed E-state index contributed by atoms with van der Waals surface area (Å²) in [5.74, 6) is 0.902. The van der Waals surface area contributed by atoms with Crippen molar-refractivity contribution in [2.45, 2.75) is 52.4 Å². The Morgan fingerprint density at radius 1 is 1.07 bits per heavy atom. The number of nitrogens with one attached hydrogen (secondary N) is 1. The van der Waals surface area contributed by atoms with E-state index >= 15 is 0 Å². The number of benzene rings is 1. The summed E-state index contributed by atoms with van der Waals surface area (Å²) in [5.41, 5.74) is 2.57. The van der Waals surface area contributed by atoms with Crippen LogP contribution in [0.2, 0.25) is 0 Å². The molecule has 1 aliphatic carbocycles. The first-order chi connectivity index (χ1) is 14.6. The number of anilines is 1. The van der Waals surface area contributed by atoms with E-state index < -0.39 is 0 Å². The fourth-order valence-corrected chi connectivity index (χ4v) is 4.96. The molecule has 0 fully saturated rings. The van der Waals surface area contributed by atoms with Crippen LogP contribution in [-0.4, -0.2) is 32.2 Å². The number of rotatable bonds is 9. The second kappa shape index (κ2) is 10.5. The normalized spacial score (nSPS) is 12.8. The third-order valence-corrected chi connectivity index (χ3v) is 6.27. The molecule has 1 amide bonds. The van der Waals surface area contributed by atoms with Gasteiger partial charge in [-0.25, -0.2) is 4.79 Å². The first-order valence-electron chi connectivity index (χ1n) is 10.5. The van der Waals surface area contributed by atoms with Gasteiger partial charge in [0, 0.05) is 11.3 Å². The van der Waals surface area contributed by atoms with Crippen LogP contribution in [-0.2, 0) is 28.8 Å². The van der Waals surface area contributed by atoms with E-state index in [1.165, 1.54) is 23.3 Å². The van der Waals surface area contributed by atoms with E-state index in [9.17, 15) is 9.59 Å². The second-order valence-corrected chi connectivity index (χ2v) is 8.21. The van der Waals surface area contributed by atoms with E-state index in [4.69, 9.17) is 14.2 Å². The van der Waals surface area contributed by atoms with Gasteiger partial charge >= 0.3 is 5.97 Å². The van der Waals surface area contributed by atoms with E-state index in [0.717, 1.165) is 36.8 Å². The van der Waals surface area contributed by atoms with Crippen LogP contribution in [0.4, 0.5) is 5.00 Å². The van der Waals surface area contributed by atoms with Gasteiger partial charge in [0.05, 0.1) is 25.9 Å². The number of thiophene rings is 1. The van der Waals surface area contributed by atoms with Gasteiger partial charge in [-0.3, -0.25) is 4.79 Å². The predicted molar refractivity (Wildman–Crippen MR) is 118 cm³/mol. The highest BCUT2D eigenvalue weighted by Crippen LogP contribution is 2.38. The van der Waals surface area contributed by atoms with E-state index in [1.807, 2.05) is 32.0 Å². The number of amides is 1. The molecule has 1 aliphatic rings. The molecule has 0 atom stereocenters. The molecule has 2 aromatic rings. The summed E-state index contributed by atoms with van der Waals surface area (Å²) in [7, 11) is 1.38. The number of hydrogen-bond donors (Lipinski definition) is 1. The maximum Gasteiger partial charge on any atom is 0.341 e. The Bertz CT molecular complexity index is 905.